The van der Waals surface area contributed by atoms with Crippen LogP contribution in [0.1, 0.15) is 56.1 Å². The van der Waals surface area contributed by atoms with Gasteiger partial charge in [-0.15, -0.1) is 0 Å². The van der Waals surface area contributed by atoms with Gasteiger partial charge in [-0.25, -0.2) is 4.98 Å². The number of hydrogen-bond acceptors (Lipinski definition) is 5. The first kappa shape index (κ1) is 18.0. The van der Waals surface area contributed by atoms with Crippen LogP contribution in [0.5, 0.6) is 0 Å². The van der Waals surface area contributed by atoms with Crippen molar-refractivity contribution in [2.24, 2.45) is 11.3 Å². The number of hydrogen-bond donors (Lipinski definition) is 1. The third-order valence-electron chi connectivity index (χ3n) is 5.64. The fraction of sp³-hybridized carbons (Fsp3) is 0.500. The monoisotopic (exact) mass is 364 g/mol. The Kier molecular flexibility index (Phi) is 4.62. The Morgan fingerprint density at radius 2 is 1.78 bits per heavy atom. The van der Waals surface area contributed by atoms with Crippen molar-refractivity contribution in [3.8, 4) is 0 Å². The van der Waals surface area contributed by atoms with E-state index in [0.29, 0.717) is 17.8 Å². The van der Waals surface area contributed by atoms with Gasteiger partial charge in [0.25, 0.3) is 0 Å². The number of carbonyl (C=O) groups excluding carboxylic acids is 1. The average Bonchev–Trinajstić information content (AvgIpc) is 2.61. The molecule has 1 fully saturated rings. The summed E-state index contributed by atoms with van der Waals surface area (Å²) in [5.74, 6) is 2.30. The number of aromatic nitrogens is 2. The molecular formula is C22H28N4O. The van der Waals surface area contributed by atoms with E-state index in [4.69, 9.17) is 9.97 Å². The summed E-state index contributed by atoms with van der Waals surface area (Å²) in [4.78, 5) is 24.9. The summed E-state index contributed by atoms with van der Waals surface area (Å²) in [7, 11) is 0. The Hall–Kier alpha value is -2.43. The third-order valence-corrected chi connectivity index (χ3v) is 5.64. The normalized spacial score (nSPS) is 19.7. The summed E-state index contributed by atoms with van der Waals surface area (Å²) in [6.45, 7) is 8.53. The number of ketones is 1. The standard InChI is InChI=1S/C22H28N4O/c1-15-9-11-26(12-10-15)21-24-17-13-22(2,3)14-18(27)19(17)20(25-21)23-16-7-5-4-6-8-16/h4-8,15H,9-14H2,1-3H3,(H,23,24,25). The smallest absolute Gasteiger partial charge is 0.227 e. The molecule has 1 aromatic carbocycles. The molecule has 27 heavy (non-hydrogen) atoms. The van der Waals surface area contributed by atoms with Crippen LogP contribution in [0.2, 0.25) is 0 Å². The Morgan fingerprint density at radius 1 is 1.07 bits per heavy atom. The second-order valence-electron chi connectivity index (χ2n) is 8.80. The molecule has 1 saturated heterocycles. The van der Waals surface area contributed by atoms with Crippen molar-refractivity contribution in [3.05, 3.63) is 41.6 Å². The number of fused-ring (bicyclic) bond motifs is 1. The van der Waals surface area contributed by atoms with Gasteiger partial charge in [-0.05, 0) is 42.7 Å². The van der Waals surface area contributed by atoms with E-state index >= 15 is 0 Å². The minimum atomic E-state index is -0.0594. The van der Waals surface area contributed by atoms with Gasteiger partial charge in [0.2, 0.25) is 5.95 Å². The van der Waals surface area contributed by atoms with Gasteiger partial charge >= 0.3 is 0 Å². The lowest BCUT2D eigenvalue weighted by atomic mass is 9.75. The molecule has 1 aliphatic heterocycles. The zero-order valence-electron chi connectivity index (χ0n) is 16.5. The minimum Gasteiger partial charge on any atom is -0.341 e. The van der Waals surface area contributed by atoms with E-state index in [1.54, 1.807) is 0 Å². The maximum Gasteiger partial charge on any atom is 0.227 e. The summed E-state index contributed by atoms with van der Waals surface area (Å²) in [5, 5.41) is 3.38. The SMILES string of the molecule is CC1CCN(c2nc3c(c(Nc4ccccc4)n2)C(=O)CC(C)(C)C3)CC1. The molecule has 5 nitrogen and oxygen atoms in total. The van der Waals surface area contributed by atoms with Crippen LogP contribution in [0.25, 0.3) is 0 Å². The number of carbonyl (C=O) groups is 1. The molecule has 2 aliphatic rings. The van der Waals surface area contributed by atoms with Gasteiger partial charge in [-0.2, -0.15) is 4.98 Å². The molecular weight excluding hydrogens is 336 g/mol. The molecule has 0 spiro atoms. The van der Waals surface area contributed by atoms with Crippen LogP contribution in [0, 0.1) is 11.3 Å². The van der Waals surface area contributed by atoms with Crippen LogP contribution < -0.4 is 10.2 Å². The molecule has 0 unspecified atom stereocenters. The lowest BCUT2D eigenvalue weighted by molar-refractivity contribution is 0.0911. The van der Waals surface area contributed by atoms with E-state index in [0.717, 1.165) is 55.6 Å². The number of piperidine rings is 1. The van der Waals surface area contributed by atoms with Gasteiger partial charge in [0.05, 0.1) is 11.3 Å². The van der Waals surface area contributed by atoms with Crippen molar-refractivity contribution in [2.75, 3.05) is 23.3 Å². The lowest BCUT2D eigenvalue weighted by Gasteiger charge is -2.34. The van der Waals surface area contributed by atoms with Crippen LogP contribution >= 0.6 is 0 Å². The quantitative estimate of drug-likeness (QED) is 0.862. The second kappa shape index (κ2) is 6.95. The molecule has 5 heteroatoms. The summed E-state index contributed by atoms with van der Waals surface area (Å²) < 4.78 is 0. The minimum absolute atomic E-state index is 0.0594. The molecule has 1 N–H and O–H groups in total. The number of Topliss-reactive ketones (excluding diaryl/α,β-unsaturated/α-hetero) is 1. The number of anilines is 3. The zero-order valence-corrected chi connectivity index (χ0v) is 16.5. The van der Waals surface area contributed by atoms with E-state index in [-0.39, 0.29) is 11.2 Å². The molecule has 142 valence electrons. The van der Waals surface area contributed by atoms with Crippen LogP contribution in [-0.4, -0.2) is 28.8 Å². The average molecular weight is 364 g/mol. The van der Waals surface area contributed by atoms with Crippen molar-refractivity contribution < 1.29 is 4.79 Å². The van der Waals surface area contributed by atoms with E-state index in [9.17, 15) is 4.79 Å². The number of rotatable bonds is 3. The Balaban J connectivity index is 1.76. The molecule has 0 atom stereocenters. The summed E-state index contributed by atoms with van der Waals surface area (Å²) in [6.07, 6.45) is 3.66. The molecule has 4 rings (SSSR count). The van der Waals surface area contributed by atoms with Crippen LogP contribution in [0.15, 0.2) is 30.3 Å². The predicted octanol–water partition coefficient (Wildman–Crippen LogP) is 4.61. The summed E-state index contributed by atoms with van der Waals surface area (Å²) in [5.41, 5.74) is 2.44. The molecule has 2 heterocycles. The van der Waals surface area contributed by atoms with E-state index in [1.165, 1.54) is 0 Å². The number of nitrogens with one attached hydrogen (secondary N) is 1. The Labute approximate surface area is 161 Å². The topological polar surface area (TPSA) is 58.1 Å². The van der Waals surface area contributed by atoms with Crippen molar-refractivity contribution in [1.82, 2.24) is 9.97 Å². The fourth-order valence-electron chi connectivity index (χ4n) is 4.05. The molecule has 2 aromatic rings. The van der Waals surface area contributed by atoms with Crippen LogP contribution in [0.4, 0.5) is 17.5 Å². The van der Waals surface area contributed by atoms with Gasteiger partial charge in [0.1, 0.15) is 5.82 Å². The molecule has 0 bridgehead atoms. The van der Waals surface area contributed by atoms with Crippen molar-refractivity contribution in [1.29, 1.82) is 0 Å². The summed E-state index contributed by atoms with van der Waals surface area (Å²) in [6, 6.07) is 9.93. The zero-order chi connectivity index (χ0) is 19.0. The largest absolute Gasteiger partial charge is 0.341 e. The highest BCUT2D eigenvalue weighted by Crippen LogP contribution is 2.38. The van der Waals surface area contributed by atoms with Crippen LogP contribution in [-0.2, 0) is 6.42 Å². The van der Waals surface area contributed by atoms with Crippen molar-refractivity contribution in [3.63, 3.8) is 0 Å². The molecule has 0 amide bonds. The Bertz CT molecular complexity index is 839. The predicted molar refractivity (Wildman–Crippen MR) is 109 cm³/mol. The molecule has 1 aliphatic carbocycles. The molecule has 0 saturated carbocycles. The van der Waals surface area contributed by atoms with Crippen molar-refractivity contribution >= 4 is 23.2 Å². The number of nitrogens with zero attached hydrogens (tertiary/aromatic N) is 3. The van der Waals surface area contributed by atoms with Gasteiger partial charge < -0.3 is 10.2 Å². The van der Waals surface area contributed by atoms with E-state index in [1.807, 2.05) is 30.3 Å². The first-order chi connectivity index (χ1) is 12.9. The van der Waals surface area contributed by atoms with E-state index in [2.05, 4.69) is 31.0 Å². The first-order valence-corrected chi connectivity index (χ1v) is 9.92. The third kappa shape index (κ3) is 3.82. The highest BCUT2D eigenvalue weighted by atomic mass is 16.1. The van der Waals surface area contributed by atoms with Crippen molar-refractivity contribution in [2.45, 2.75) is 46.5 Å². The molecule has 0 radical (unpaired) electrons. The maximum absolute atomic E-state index is 12.9. The fourth-order valence-corrected chi connectivity index (χ4v) is 4.05. The van der Waals surface area contributed by atoms with Gasteiger partial charge in [0.15, 0.2) is 5.78 Å². The highest BCUT2D eigenvalue weighted by molar-refractivity contribution is 6.03. The number of benzene rings is 1. The van der Waals surface area contributed by atoms with Gasteiger partial charge in [-0.1, -0.05) is 39.0 Å². The molecule has 1 aromatic heterocycles. The van der Waals surface area contributed by atoms with E-state index < -0.39 is 0 Å². The second-order valence-corrected chi connectivity index (χ2v) is 8.80. The highest BCUT2D eigenvalue weighted by Gasteiger charge is 2.35. The maximum atomic E-state index is 12.9. The van der Waals surface area contributed by atoms with Gasteiger partial charge in [-0.3, -0.25) is 4.79 Å². The number of para-hydroxylation sites is 1. The summed E-state index contributed by atoms with van der Waals surface area (Å²) >= 11 is 0. The van der Waals surface area contributed by atoms with Crippen LogP contribution in [0.3, 0.4) is 0 Å². The first-order valence-electron chi connectivity index (χ1n) is 9.92. The lowest BCUT2D eigenvalue weighted by Crippen LogP contribution is -2.36. The van der Waals surface area contributed by atoms with Gasteiger partial charge in [0, 0.05) is 25.2 Å². The Morgan fingerprint density at radius 3 is 2.48 bits per heavy atom.